The Hall–Kier alpha value is -1.59. The van der Waals surface area contributed by atoms with Gasteiger partial charge >= 0.3 is 6.18 Å². The van der Waals surface area contributed by atoms with E-state index < -0.39 is 11.7 Å². The summed E-state index contributed by atoms with van der Waals surface area (Å²) in [5.74, 6) is 0. The van der Waals surface area contributed by atoms with E-state index in [1.807, 2.05) is 6.07 Å². The highest BCUT2D eigenvalue weighted by Gasteiger charge is 2.32. The van der Waals surface area contributed by atoms with Gasteiger partial charge in [0.25, 0.3) is 0 Å². The Kier molecular flexibility index (Phi) is 4.85. The van der Waals surface area contributed by atoms with Gasteiger partial charge in [-0.1, -0.05) is 35.9 Å². The molecular weight excluding hydrogens is 301 g/mol. The molecule has 0 saturated heterocycles. The Labute approximate surface area is 126 Å². The van der Waals surface area contributed by atoms with Crippen LogP contribution in [0.15, 0.2) is 42.6 Å². The predicted molar refractivity (Wildman–Crippen MR) is 75.9 cm³/mol. The van der Waals surface area contributed by atoms with Gasteiger partial charge in [-0.2, -0.15) is 13.2 Å². The number of benzene rings is 1. The van der Waals surface area contributed by atoms with E-state index in [1.54, 1.807) is 30.3 Å². The zero-order valence-corrected chi connectivity index (χ0v) is 12.1. The minimum Gasteiger partial charge on any atom is -0.298 e. The maximum atomic E-state index is 12.9. The third-order valence-electron chi connectivity index (χ3n) is 3.00. The zero-order chi connectivity index (χ0) is 15.5. The minimum absolute atomic E-state index is 0.207. The summed E-state index contributed by atoms with van der Waals surface area (Å²) in [5, 5.41) is 0.392. The van der Waals surface area contributed by atoms with E-state index >= 15 is 0 Å². The van der Waals surface area contributed by atoms with Crippen LogP contribution in [0, 0.1) is 0 Å². The Balaban J connectivity index is 2.09. The molecule has 0 unspecified atom stereocenters. The van der Waals surface area contributed by atoms with E-state index in [0.717, 1.165) is 11.6 Å². The Morgan fingerprint density at radius 1 is 1.10 bits per heavy atom. The molecule has 1 heterocycles. The first-order valence-corrected chi connectivity index (χ1v) is 6.68. The molecule has 2 rings (SSSR count). The smallest absolute Gasteiger partial charge is 0.298 e. The average molecular weight is 315 g/mol. The van der Waals surface area contributed by atoms with Gasteiger partial charge in [-0.25, -0.2) is 4.98 Å². The fourth-order valence-corrected chi connectivity index (χ4v) is 2.20. The Bertz CT molecular complexity index is 597. The fraction of sp³-hybridized carbons (Fsp3) is 0.267. The molecule has 2 aromatic rings. The van der Waals surface area contributed by atoms with Gasteiger partial charge in [0, 0.05) is 19.3 Å². The summed E-state index contributed by atoms with van der Waals surface area (Å²) in [4.78, 5) is 5.76. The number of alkyl halides is 3. The molecule has 0 aliphatic heterocycles. The van der Waals surface area contributed by atoms with Crippen molar-refractivity contribution in [2.24, 2.45) is 0 Å². The molecule has 0 radical (unpaired) electrons. The lowest BCUT2D eigenvalue weighted by Gasteiger charge is -2.19. The summed E-state index contributed by atoms with van der Waals surface area (Å²) in [7, 11) is 1.77. The minimum atomic E-state index is -4.33. The molecule has 0 aliphatic rings. The van der Waals surface area contributed by atoms with E-state index in [1.165, 1.54) is 12.1 Å². The molecule has 0 atom stereocenters. The summed E-state index contributed by atoms with van der Waals surface area (Å²) >= 11 is 5.70. The van der Waals surface area contributed by atoms with Crippen LogP contribution in [-0.2, 0) is 19.3 Å². The van der Waals surface area contributed by atoms with Crippen molar-refractivity contribution in [3.8, 4) is 0 Å². The largest absolute Gasteiger partial charge is 0.416 e. The van der Waals surface area contributed by atoms with E-state index in [-0.39, 0.29) is 12.1 Å². The van der Waals surface area contributed by atoms with Gasteiger partial charge in [0.1, 0.15) is 5.15 Å². The first kappa shape index (κ1) is 15.8. The number of pyridine rings is 1. The van der Waals surface area contributed by atoms with Crippen LogP contribution in [0.3, 0.4) is 0 Å². The third kappa shape index (κ3) is 4.44. The summed E-state index contributed by atoms with van der Waals surface area (Å²) in [6.45, 7) is 0.703. The zero-order valence-electron chi connectivity index (χ0n) is 11.4. The molecular formula is C15H14ClF3N2. The highest BCUT2D eigenvalue weighted by molar-refractivity contribution is 6.29. The molecule has 2 nitrogen and oxygen atoms in total. The van der Waals surface area contributed by atoms with E-state index in [4.69, 9.17) is 11.6 Å². The summed E-state index contributed by atoms with van der Waals surface area (Å²) in [6.07, 6.45) is -2.71. The maximum Gasteiger partial charge on any atom is 0.416 e. The molecule has 6 heteroatoms. The molecule has 0 fully saturated rings. The first-order chi connectivity index (χ1) is 9.86. The van der Waals surface area contributed by atoms with Crippen LogP contribution in [0.2, 0.25) is 5.15 Å². The van der Waals surface area contributed by atoms with Crippen molar-refractivity contribution in [3.05, 3.63) is 64.4 Å². The third-order valence-corrected chi connectivity index (χ3v) is 3.23. The number of halogens is 4. The van der Waals surface area contributed by atoms with Crippen LogP contribution in [0.4, 0.5) is 13.2 Å². The van der Waals surface area contributed by atoms with Gasteiger partial charge in [-0.15, -0.1) is 0 Å². The van der Waals surface area contributed by atoms with Crippen molar-refractivity contribution in [3.63, 3.8) is 0 Å². The van der Waals surface area contributed by atoms with Crippen LogP contribution in [0.1, 0.15) is 16.7 Å². The maximum absolute atomic E-state index is 12.9. The fourth-order valence-electron chi connectivity index (χ4n) is 2.09. The standard InChI is InChI=1S/C15H14ClF3N2/c1-21(9-11-6-7-14(16)20-8-11)10-12-4-2-3-5-13(12)15(17,18)19/h2-8H,9-10H2,1H3. The van der Waals surface area contributed by atoms with Gasteiger partial charge in [-0.3, -0.25) is 4.90 Å². The SMILES string of the molecule is CN(Cc1ccc(Cl)nc1)Cc1ccccc1C(F)(F)F. The van der Waals surface area contributed by atoms with Crippen LogP contribution in [0.5, 0.6) is 0 Å². The molecule has 0 saturated carbocycles. The number of nitrogens with zero attached hydrogens (tertiary/aromatic N) is 2. The lowest BCUT2D eigenvalue weighted by Crippen LogP contribution is -2.20. The van der Waals surface area contributed by atoms with Crippen LogP contribution in [0.25, 0.3) is 0 Å². The quantitative estimate of drug-likeness (QED) is 0.778. The molecule has 0 aliphatic carbocycles. The van der Waals surface area contributed by atoms with Crippen molar-refractivity contribution < 1.29 is 13.2 Å². The van der Waals surface area contributed by atoms with Gasteiger partial charge in [-0.05, 0) is 30.3 Å². The van der Waals surface area contributed by atoms with Crippen molar-refractivity contribution in [1.82, 2.24) is 9.88 Å². The predicted octanol–water partition coefficient (Wildman–Crippen LogP) is 4.39. The van der Waals surface area contributed by atoms with Crippen LogP contribution in [-0.4, -0.2) is 16.9 Å². The van der Waals surface area contributed by atoms with Gasteiger partial charge in [0.05, 0.1) is 5.56 Å². The van der Waals surface area contributed by atoms with Crippen LogP contribution >= 0.6 is 11.6 Å². The summed E-state index contributed by atoms with van der Waals surface area (Å²) in [6, 6.07) is 9.08. The lowest BCUT2D eigenvalue weighted by molar-refractivity contribution is -0.138. The highest BCUT2D eigenvalue weighted by Crippen LogP contribution is 2.32. The normalized spacial score (nSPS) is 11.9. The molecule has 0 bridgehead atoms. The number of aromatic nitrogens is 1. The van der Waals surface area contributed by atoms with Gasteiger partial charge in [0.2, 0.25) is 0 Å². The average Bonchev–Trinajstić information content (AvgIpc) is 2.41. The first-order valence-electron chi connectivity index (χ1n) is 6.30. The van der Waals surface area contributed by atoms with Crippen molar-refractivity contribution in [1.29, 1.82) is 0 Å². The molecule has 1 aromatic carbocycles. The molecule has 112 valence electrons. The highest BCUT2D eigenvalue weighted by atomic mass is 35.5. The number of hydrogen-bond acceptors (Lipinski definition) is 2. The second kappa shape index (κ2) is 6.45. The lowest BCUT2D eigenvalue weighted by atomic mass is 10.1. The second-order valence-electron chi connectivity index (χ2n) is 4.82. The topological polar surface area (TPSA) is 16.1 Å². The molecule has 0 N–H and O–H groups in total. The summed E-state index contributed by atoms with van der Waals surface area (Å²) in [5.41, 5.74) is 0.562. The summed E-state index contributed by atoms with van der Waals surface area (Å²) < 4.78 is 38.8. The van der Waals surface area contributed by atoms with Crippen molar-refractivity contribution >= 4 is 11.6 Å². The monoisotopic (exact) mass is 314 g/mol. The molecule has 1 aromatic heterocycles. The van der Waals surface area contributed by atoms with Crippen molar-refractivity contribution in [2.45, 2.75) is 19.3 Å². The second-order valence-corrected chi connectivity index (χ2v) is 5.20. The molecule has 21 heavy (non-hydrogen) atoms. The van der Waals surface area contributed by atoms with E-state index in [2.05, 4.69) is 4.98 Å². The Morgan fingerprint density at radius 3 is 2.43 bits per heavy atom. The number of rotatable bonds is 4. The number of hydrogen-bond donors (Lipinski definition) is 0. The van der Waals surface area contributed by atoms with Gasteiger partial charge in [0.15, 0.2) is 0 Å². The van der Waals surface area contributed by atoms with E-state index in [0.29, 0.717) is 11.7 Å². The van der Waals surface area contributed by atoms with Crippen LogP contribution < -0.4 is 0 Å². The van der Waals surface area contributed by atoms with Gasteiger partial charge < -0.3 is 0 Å². The van der Waals surface area contributed by atoms with E-state index in [9.17, 15) is 13.2 Å². The molecule has 0 amide bonds. The molecule has 0 spiro atoms. The Morgan fingerprint density at radius 2 is 1.81 bits per heavy atom. The van der Waals surface area contributed by atoms with Crippen molar-refractivity contribution in [2.75, 3.05) is 7.05 Å².